The van der Waals surface area contributed by atoms with Gasteiger partial charge >= 0.3 is 5.97 Å². The van der Waals surface area contributed by atoms with Crippen LogP contribution in [0.5, 0.6) is 0 Å². The van der Waals surface area contributed by atoms with Crippen LogP contribution in [0.3, 0.4) is 0 Å². The number of rotatable bonds is 43. The second-order valence-electron chi connectivity index (χ2n) is 50.3. The van der Waals surface area contributed by atoms with E-state index < -0.39 is 35.6 Å². The average Bonchev–Trinajstić information content (AvgIpc) is 1.67. The number of aliphatic hydroxyl groups excluding tert-OH is 4. The number of hydrogen-bond donors (Lipinski definition) is 8. The molecule has 9 atom stereocenters. The van der Waals surface area contributed by atoms with Crippen LogP contribution in [0.4, 0.5) is 8.78 Å². The Balaban J connectivity index is -0.0000000949. The molecule has 23 heteroatoms. The molecule has 0 aromatic rings. The zero-order valence-corrected chi connectivity index (χ0v) is 111. The molecule has 0 aromatic carbocycles. The van der Waals surface area contributed by atoms with Crippen LogP contribution in [0.15, 0.2) is 24.1 Å². The molecule has 0 radical (unpaired) electrons. The standard InChI is InChI=1S/C8H15FO.C8H15F.C8H19NO.C8H18O2.C8H16O.C8H18O.C8H16O.C8H18.C8H16.C7H15NS.C7H17N.C7H17O2P.C7H16O2S.C7H14O2.C7H16O.C7H16S/c1-5(2)7(9)8(10)6(3)4;1-6(2)5-8(9)7(3)4;2*1-5(2)7(9)8(10)6(3)4;1-5(2)7-8(9-7)6(3)4;2*1-6(2)5-8(9)7(3)4;2*1-7(2)5-6-8(3)4;1-5(2)7(9)8-6(3)4;1-6(2)5-8-7(3)4;2*1-6(2)5-10(8,9)7(3)4;1-5(2)7(8)9-6(3)4;2*1-6(2)5-8-7(3)4/h5-7H,1-4H3;5-7H,1-4H3;5-8,10H,9H2,1-4H3;5-10H,1-4H3;5-8H,1-4H3;6-9H,5H2,1-4H3;6-7H,5H2,1-4H3;7-8H,5-6H2,1-4H3;5-8H,1-4H3;5-6H,1-4H3,(H,8,9);6-8H,5H2,1-4H3;6-7H,5H2,1-4H3,(H,8,9);6-7H,5H2,1-4H3;5-6H,1-4H3;2*6-7H,5H2,1-4H3/b;8-5-;;;;;;;6-5+;;;;;;;. The van der Waals surface area contributed by atoms with Gasteiger partial charge in [-0.1, -0.05) is 431 Å². The molecule has 0 aromatic heterocycles. The van der Waals surface area contributed by atoms with Gasteiger partial charge in [-0.05, 0) is 198 Å². The predicted octanol–water partition coefficient (Wildman–Crippen LogP) is 33.5. The van der Waals surface area contributed by atoms with Gasteiger partial charge in [0.2, 0.25) is 7.37 Å². The Morgan fingerprint density at radius 1 is 0.451 bits per heavy atom. The maximum atomic E-state index is 12.8. The number of thiocarbonyl (C=S) groups is 1. The van der Waals surface area contributed by atoms with E-state index in [0.717, 1.165) is 59.9 Å². The van der Waals surface area contributed by atoms with Crippen LogP contribution in [0.25, 0.3) is 0 Å². The lowest BCUT2D eigenvalue weighted by Gasteiger charge is -2.24. The van der Waals surface area contributed by atoms with Crippen molar-refractivity contribution >= 4 is 63.7 Å². The third-order valence-electron chi connectivity index (χ3n) is 19.8. The third-order valence-corrected chi connectivity index (χ3v) is 27.4. The molecule has 1 rings (SSSR count). The van der Waals surface area contributed by atoms with Crippen molar-refractivity contribution in [3.05, 3.63) is 24.1 Å². The Hall–Kier alpha value is -1.79. The maximum Gasteiger partial charge on any atom is 0.308 e. The molecule has 0 aliphatic carbocycles. The Bertz CT molecular complexity index is 2780. The summed E-state index contributed by atoms with van der Waals surface area (Å²) in [5.74, 6) is 12.2. The Kier molecular flexibility index (Phi) is 127. The summed E-state index contributed by atoms with van der Waals surface area (Å²) in [7, 11) is -5.62. The van der Waals surface area contributed by atoms with E-state index >= 15 is 0 Å². The number of nitrogens with one attached hydrogen (secondary N) is 2. The lowest BCUT2D eigenvalue weighted by molar-refractivity contribution is -0.151. The number of halogens is 2. The molecule has 0 spiro atoms. The van der Waals surface area contributed by atoms with Crippen molar-refractivity contribution in [1.29, 1.82) is 0 Å². The summed E-state index contributed by atoms with van der Waals surface area (Å²) in [6.07, 6.45) is 9.63. The summed E-state index contributed by atoms with van der Waals surface area (Å²) in [5, 5.41) is 44.5. The van der Waals surface area contributed by atoms with E-state index in [1.54, 1.807) is 61.5 Å². The van der Waals surface area contributed by atoms with Crippen molar-refractivity contribution in [3.63, 3.8) is 0 Å². The van der Waals surface area contributed by atoms with E-state index in [9.17, 15) is 61.5 Å². The molecule has 17 nitrogen and oxygen atoms in total. The number of esters is 1. The van der Waals surface area contributed by atoms with Crippen molar-refractivity contribution in [2.75, 3.05) is 30.8 Å². The van der Waals surface area contributed by atoms with Crippen LogP contribution >= 0.6 is 31.3 Å². The van der Waals surface area contributed by atoms with Gasteiger partial charge in [0.05, 0.1) is 76.6 Å². The number of hydrogen-bond acceptors (Lipinski definition) is 17. The second kappa shape index (κ2) is 104. The van der Waals surface area contributed by atoms with E-state index in [-0.39, 0.29) is 106 Å². The molecule has 0 amide bonds. The summed E-state index contributed by atoms with van der Waals surface area (Å²) in [6.45, 7) is 132. The Morgan fingerprint density at radius 2 is 0.840 bits per heavy atom. The first-order chi connectivity index (χ1) is 64.6. The number of sulfone groups is 1. The molecule has 0 bridgehead atoms. The van der Waals surface area contributed by atoms with Gasteiger partial charge in [0.25, 0.3) is 0 Å². The lowest BCUT2D eigenvalue weighted by atomic mass is 9.92. The van der Waals surface area contributed by atoms with Gasteiger partial charge in [0, 0.05) is 66.6 Å². The minimum absolute atomic E-state index is 0.00463. The topological polar surface area (TPSA) is 285 Å². The van der Waals surface area contributed by atoms with Crippen LogP contribution in [-0.4, -0.2) is 176 Å². The first-order valence-electron chi connectivity index (χ1n) is 56.5. The summed E-state index contributed by atoms with van der Waals surface area (Å²) in [4.78, 5) is 42.9. The number of allylic oxidation sites excluding steroid dienone is 4. The predicted molar refractivity (Wildman–Crippen MR) is 646 cm³/mol. The van der Waals surface area contributed by atoms with Gasteiger partial charge in [-0.25, -0.2) is 17.2 Å². The Labute approximate surface area is 910 Å². The molecule has 1 fully saturated rings. The zero-order valence-electron chi connectivity index (χ0n) is 108. The number of epoxide rings is 1. The van der Waals surface area contributed by atoms with Crippen molar-refractivity contribution in [2.24, 2.45) is 154 Å². The van der Waals surface area contributed by atoms with Crippen LogP contribution in [0, 0.1) is 148 Å². The fraction of sp³-hybridized carbons (Fsp3) is 0.934. The largest absolute Gasteiger partial charge is 0.463 e. The van der Waals surface area contributed by atoms with E-state index in [0.29, 0.717) is 119 Å². The van der Waals surface area contributed by atoms with Crippen molar-refractivity contribution in [1.82, 2.24) is 10.6 Å². The first-order valence-corrected chi connectivity index (χ1v) is 61.5. The zero-order chi connectivity index (χ0) is 119. The summed E-state index contributed by atoms with van der Waals surface area (Å²) >= 11 is 7.08. The molecule has 1 saturated heterocycles. The molecule has 1 aliphatic heterocycles. The van der Waals surface area contributed by atoms with Crippen LogP contribution in [0.2, 0.25) is 0 Å². The number of thioether (sulfide) groups is 1. The SMILES string of the molecule is CC(C)/C=C(\F)C(C)C.CC(C)/C=C/C(C)C.CC(C)C(=O)C(F)C(C)C.CC(C)C(N)C(O)C(C)C.CC(C)C(O)C(O)C(C)C.CC(C)C1OC1C(C)C.CC(C)CC(=O)C(C)C.CC(C)CC(O)C(C)C.CC(C)CCC(C)C.CC(C)CNC(C)C.CC(C)COC(C)C.CC(C)CP(=O)(O)C(C)C.CC(C)CS(=O)(=O)C(C)C.CC(C)CSC(C)C.CC(C)NC(=S)C(C)C.CC(C)OC(=O)C(C)C. The van der Waals surface area contributed by atoms with E-state index in [1.807, 2.05) is 178 Å². The fourth-order valence-corrected chi connectivity index (χ4v) is 13.7. The molecule has 9 unspecified atom stereocenters. The minimum atomic E-state index is -2.82. The fourth-order valence-electron chi connectivity index (χ4n) is 9.95. The smallest absolute Gasteiger partial charge is 0.308 e. The number of nitrogens with two attached hydrogens (primary N) is 1. The number of alkyl halides is 1. The number of aliphatic hydroxyl groups is 4. The summed E-state index contributed by atoms with van der Waals surface area (Å²) < 4.78 is 74.6. The summed E-state index contributed by atoms with van der Waals surface area (Å²) in [6, 6.07) is 1.03. The van der Waals surface area contributed by atoms with Crippen LogP contribution in [-0.2, 0) is 43.0 Å². The van der Waals surface area contributed by atoms with E-state index in [1.165, 1.54) is 18.6 Å². The highest BCUT2D eigenvalue weighted by Crippen LogP contribution is 2.47. The number of carbonyl (C=O) groups is 3. The van der Waals surface area contributed by atoms with Crippen molar-refractivity contribution in [2.45, 2.75) is 558 Å². The van der Waals surface area contributed by atoms with Gasteiger partial charge in [0.15, 0.2) is 21.8 Å². The number of ether oxygens (including phenoxy) is 3. The van der Waals surface area contributed by atoms with Crippen LogP contribution < -0.4 is 16.4 Å². The molecular weight excluding hydrogens is 1880 g/mol. The van der Waals surface area contributed by atoms with E-state index in [4.69, 9.17) is 32.2 Å². The van der Waals surface area contributed by atoms with E-state index in [2.05, 4.69) is 244 Å². The maximum absolute atomic E-state index is 12.8. The lowest BCUT2D eigenvalue weighted by Crippen LogP contribution is -2.42. The number of Topliss-reactive ketones (excluding diaryl/α,β-unsaturated/α-hetero) is 2. The first kappa shape index (κ1) is 175. The van der Waals surface area contributed by atoms with Gasteiger partial charge < -0.3 is 55.9 Å². The summed E-state index contributed by atoms with van der Waals surface area (Å²) in [5.41, 5.74) is 5.62. The Morgan fingerprint density at radius 3 is 0.951 bits per heavy atom. The average molecular weight is 2150 g/mol. The minimum Gasteiger partial charge on any atom is -0.463 e. The second-order valence-corrected chi connectivity index (χ2v) is 57.9. The van der Waals surface area contributed by atoms with Crippen molar-refractivity contribution in [3.8, 4) is 0 Å². The van der Waals surface area contributed by atoms with Crippen molar-refractivity contribution < 1.29 is 75.7 Å². The van der Waals surface area contributed by atoms with Gasteiger partial charge in [-0.2, -0.15) is 11.8 Å². The molecule has 0 saturated carbocycles. The van der Waals surface area contributed by atoms with Gasteiger partial charge in [0.1, 0.15) is 5.78 Å². The quantitative estimate of drug-likeness (QED) is 0.00926. The molecule has 9 N–H and O–H groups in total. The number of carbonyl (C=O) groups excluding carboxylic acids is 3. The number of ketones is 2. The van der Waals surface area contributed by atoms with Gasteiger partial charge in [-0.3, -0.25) is 18.9 Å². The molecule has 882 valence electrons. The molecular formula is C121H262F2N3O14PS3. The monoisotopic (exact) mass is 2150 g/mol. The van der Waals surface area contributed by atoms with Crippen LogP contribution in [0.1, 0.15) is 469 Å². The molecule has 1 aliphatic rings. The van der Waals surface area contributed by atoms with Gasteiger partial charge in [-0.15, -0.1) is 0 Å². The third kappa shape index (κ3) is 149. The molecule has 144 heavy (non-hydrogen) atoms. The highest BCUT2D eigenvalue weighted by atomic mass is 32.2. The normalized spacial score (nSPS) is 14.7. The highest BCUT2D eigenvalue weighted by Gasteiger charge is 2.43. The highest BCUT2D eigenvalue weighted by molar-refractivity contribution is 7.99. The molecule has 1 heterocycles.